The summed E-state index contributed by atoms with van der Waals surface area (Å²) in [5.41, 5.74) is 1.59. The van der Waals surface area contributed by atoms with Crippen LogP contribution in [0.25, 0.3) is 0 Å². The van der Waals surface area contributed by atoms with E-state index in [-0.39, 0.29) is 17.7 Å². The van der Waals surface area contributed by atoms with E-state index in [0.717, 1.165) is 11.3 Å². The van der Waals surface area contributed by atoms with Crippen LogP contribution >= 0.6 is 0 Å². The number of ether oxygens (including phenoxy) is 1. The van der Waals surface area contributed by atoms with Crippen LogP contribution in [0.5, 0.6) is 5.75 Å². The van der Waals surface area contributed by atoms with E-state index in [9.17, 15) is 9.59 Å². The smallest absolute Gasteiger partial charge is 0.257 e. The van der Waals surface area contributed by atoms with Crippen molar-refractivity contribution < 1.29 is 14.3 Å². The van der Waals surface area contributed by atoms with Crippen molar-refractivity contribution in [1.82, 2.24) is 20.4 Å². The number of H-pyrrole nitrogens is 1. The molecule has 25 heavy (non-hydrogen) atoms. The highest BCUT2D eigenvalue weighted by atomic mass is 16.5. The highest BCUT2D eigenvalue weighted by Crippen LogP contribution is 2.19. The number of amides is 2. The molecule has 1 aliphatic rings. The van der Waals surface area contributed by atoms with Crippen molar-refractivity contribution in [3.63, 3.8) is 0 Å². The first kappa shape index (κ1) is 17.0. The topological polar surface area (TPSA) is 87.3 Å². The van der Waals surface area contributed by atoms with E-state index in [0.29, 0.717) is 38.0 Å². The molecule has 0 radical (unpaired) electrons. The molecule has 1 aromatic carbocycles. The minimum Gasteiger partial charge on any atom is -0.497 e. The SMILES string of the molecule is COc1ccc(CNC(=O)C2CCN(C(=O)c3cn[nH]c3)CC2)cc1. The predicted molar refractivity (Wildman–Crippen MR) is 92.1 cm³/mol. The second-order valence-corrected chi connectivity index (χ2v) is 6.12. The first-order valence-corrected chi connectivity index (χ1v) is 8.36. The number of carbonyl (C=O) groups is 2. The fourth-order valence-corrected chi connectivity index (χ4v) is 2.97. The number of benzene rings is 1. The molecule has 7 heteroatoms. The molecule has 132 valence electrons. The minimum atomic E-state index is -0.0494. The Morgan fingerprint density at radius 3 is 2.60 bits per heavy atom. The van der Waals surface area contributed by atoms with Gasteiger partial charge in [-0.25, -0.2) is 0 Å². The van der Waals surface area contributed by atoms with Crippen molar-refractivity contribution in [2.75, 3.05) is 20.2 Å². The first-order valence-electron chi connectivity index (χ1n) is 8.36. The van der Waals surface area contributed by atoms with E-state index in [1.54, 1.807) is 18.2 Å². The molecule has 1 fully saturated rings. The standard InChI is InChI=1S/C18H22N4O3/c1-25-16-4-2-13(3-5-16)10-19-17(23)14-6-8-22(9-7-14)18(24)15-11-20-21-12-15/h2-5,11-12,14H,6-10H2,1H3,(H,19,23)(H,20,21). The van der Waals surface area contributed by atoms with Gasteiger partial charge in [0.2, 0.25) is 5.91 Å². The molecule has 1 saturated heterocycles. The van der Waals surface area contributed by atoms with E-state index >= 15 is 0 Å². The largest absolute Gasteiger partial charge is 0.497 e. The number of likely N-dealkylation sites (tertiary alicyclic amines) is 1. The van der Waals surface area contributed by atoms with Gasteiger partial charge in [-0.1, -0.05) is 12.1 Å². The molecule has 0 saturated carbocycles. The van der Waals surface area contributed by atoms with Gasteiger partial charge >= 0.3 is 0 Å². The Balaban J connectivity index is 1.45. The zero-order valence-electron chi connectivity index (χ0n) is 14.2. The Morgan fingerprint density at radius 1 is 1.28 bits per heavy atom. The van der Waals surface area contributed by atoms with E-state index in [2.05, 4.69) is 15.5 Å². The van der Waals surface area contributed by atoms with Gasteiger partial charge in [0.1, 0.15) is 5.75 Å². The maximum atomic E-state index is 12.3. The molecule has 2 N–H and O–H groups in total. The lowest BCUT2D eigenvalue weighted by Crippen LogP contribution is -2.42. The molecule has 7 nitrogen and oxygen atoms in total. The summed E-state index contributed by atoms with van der Waals surface area (Å²) in [5, 5.41) is 9.43. The van der Waals surface area contributed by atoms with Crippen molar-refractivity contribution in [1.29, 1.82) is 0 Å². The number of carbonyl (C=O) groups excluding carboxylic acids is 2. The lowest BCUT2D eigenvalue weighted by atomic mass is 9.95. The third-order valence-corrected chi connectivity index (χ3v) is 4.52. The molecule has 1 aromatic heterocycles. The summed E-state index contributed by atoms with van der Waals surface area (Å²) in [7, 11) is 1.63. The summed E-state index contributed by atoms with van der Waals surface area (Å²) in [6.07, 6.45) is 4.47. The molecule has 0 spiro atoms. The molecule has 0 unspecified atom stereocenters. The monoisotopic (exact) mass is 342 g/mol. The Morgan fingerprint density at radius 2 is 2.00 bits per heavy atom. The zero-order chi connectivity index (χ0) is 17.6. The lowest BCUT2D eigenvalue weighted by molar-refractivity contribution is -0.126. The van der Waals surface area contributed by atoms with Gasteiger partial charge in [-0.05, 0) is 30.5 Å². The molecule has 2 aromatic rings. The number of nitrogens with zero attached hydrogens (tertiary/aromatic N) is 2. The van der Waals surface area contributed by atoms with Crippen molar-refractivity contribution in [3.8, 4) is 5.75 Å². The lowest BCUT2D eigenvalue weighted by Gasteiger charge is -2.31. The second-order valence-electron chi connectivity index (χ2n) is 6.12. The normalized spacial score (nSPS) is 15.0. The van der Waals surface area contributed by atoms with Crippen LogP contribution < -0.4 is 10.1 Å². The number of hydrogen-bond acceptors (Lipinski definition) is 4. The number of piperidine rings is 1. The van der Waals surface area contributed by atoms with E-state index in [1.165, 1.54) is 6.20 Å². The molecule has 3 rings (SSSR count). The summed E-state index contributed by atoms with van der Waals surface area (Å²) in [4.78, 5) is 26.4. The van der Waals surface area contributed by atoms with Crippen molar-refractivity contribution in [2.45, 2.75) is 19.4 Å². The summed E-state index contributed by atoms with van der Waals surface area (Å²) in [6.45, 7) is 1.67. The molecule has 1 aliphatic heterocycles. The van der Waals surface area contributed by atoms with Crippen molar-refractivity contribution in [3.05, 3.63) is 47.8 Å². The first-order chi connectivity index (χ1) is 12.2. The van der Waals surface area contributed by atoms with Gasteiger partial charge in [-0.3, -0.25) is 14.7 Å². The maximum Gasteiger partial charge on any atom is 0.257 e. The molecule has 0 atom stereocenters. The molecule has 2 amide bonds. The summed E-state index contributed by atoms with van der Waals surface area (Å²) in [5.74, 6) is 0.758. The number of nitrogens with one attached hydrogen (secondary N) is 2. The third-order valence-electron chi connectivity index (χ3n) is 4.52. The Kier molecular flexibility index (Phi) is 5.33. The van der Waals surface area contributed by atoms with Gasteiger partial charge in [0.05, 0.1) is 18.9 Å². The van der Waals surface area contributed by atoms with Gasteiger partial charge in [0.25, 0.3) is 5.91 Å². The summed E-state index contributed by atoms with van der Waals surface area (Å²) >= 11 is 0. The third kappa shape index (κ3) is 4.17. The van der Waals surface area contributed by atoms with Crippen LogP contribution in [0.1, 0.15) is 28.8 Å². The van der Waals surface area contributed by atoms with Gasteiger partial charge < -0.3 is 15.0 Å². The fraction of sp³-hybridized carbons (Fsp3) is 0.389. The average Bonchev–Trinajstić information content (AvgIpc) is 3.21. The Labute approximate surface area is 146 Å². The fourth-order valence-electron chi connectivity index (χ4n) is 2.97. The Hall–Kier alpha value is -2.83. The summed E-state index contributed by atoms with van der Waals surface area (Å²) in [6, 6.07) is 7.62. The van der Waals surface area contributed by atoms with Crippen molar-refractivity contribution in [2.24, 2.45) is 5.92 Å². The van der Waals surface area contributed by atoms with Crippen LogP contribution in [0.2, 0.25) is 0 Å². The number of methoxy groups -OCH3 is 1. The average molecular weight is 342 g/mol. The van der Waals surface area contributed by atoms with E-state index in [4.69, 9.17) is 4.74 Å². The predicted octanol–water partition coefficient (Wildman–Crippen LogP) is 1.59. The van der Waals surface area contributed by atoms with Gasteiger partial charge in [0, 0.05) is 31.7 Å². The second kappa shape index (κ2) is 7.83. The van der Waals surface area contributed by atoms with Gasteiger partial charge in [-0.15, -0.1) is 0 Å². The van der Waals surface area contributed by atoms with Gasteiger partial charge in [-0.2, -0.15) is 5.10 Å². The minimum absolute atomic E-state index is 0.0363. The molecule has 2 heterocycles. The number of aromatic amines is 1. The Bertz CT molecular complexity index is 704. The number of rotatable bonds is 5. The molecular weight excluding hydrogens is 320 g/mol. The van der Waals surface area contributed by atoms with Gasteiger partial charge in [0.15, 0.2) is 0 Å². The van der Waals surface area contributed by atoms with E-state index < -0.39 is 0 Å². The van der Waals surface area contributed by atoms with Crippen LogP contribution in [0.4, 0.5) is 0 Å². The van der Waals surface area contributed by atoms with Crippen LogP contribution in [0, 0.1) is 5.92 Å². The highest BCUT2D eigenvalue weighted by molar-refractivity contribution is 5.93. The molecule has 0 bridgehead atoms. The summed E-state index contributed by atoms with van der Waals surface area (Å²) < 4.78 is 5.12. The van der Waals surface area contributed by atoms with Crippen LogP contribution in [0.15, 0.2) is 36.7 Å². The number of hydrogen-bond donors (Lipinski definition) is 2. The quantitative estimate of drug-likeness (QED) is 0.864. The number of aromatic nitrogens is 2. The zero-order valence-corrected chi connectivity index (χ0v) is 14.2. The van der Waals surface area contributed by atoms with Crippen LogP contribution in [-0.2, 0) is 11.3 Å². The van der Waals surface area contributed by atoms with E-state index in [1.807, 2.05) is 24.3 Å². The highest BCUT2D eigenvalue weighted by Gasteiger charge is 2.27. The van der Waals surface area contributed by atoms with Crippen LogP contribution in [0.3, 0.4) is 0 Å². The molecular formula is C18H22N4O3. The van der Waals surface area contributed by atoms with Crippen LogP contribution in [-0.4, -0.2) is 47.1 Å². The molecule has 0 aliphatic carbocycles. The maximum absolute atomic E-state index is 12.3. The van der Waals surface area contributed by atoms with Crippen molar-refractivity contribution >= 4 is 11.8 Å².